The van der Waals surface area contributed by atoms with Gasteiger partial charge in [-0.05, 0) is 31.6 Å². The van der Waals surface area contributed by atoms with Crippen LogP contribution < -0.4 is 10.6 Å². The van der Waals surface area contributed by atoms with E-state index in [0.717, 1.165) is 18.5 Å². The van der Waals surface area contributed by atoms with Crippen LogP contribution in [0.25, 0.3) is 0 Å². The Morgan fingerprint density at radius 3 is 2.40 bits per heavy atom. The number of urea groups is 1. The van der Waals surface area contributed by atoms with Crippen LogP contribution in [-0.2, 0) is 17.8 Å². The molecule has 2 amide bonds. The van der Waals surface area contributed by atoms with Crippen molar-refractivity contribution < 1.29 is 9.53 Å². The van der Waals surface area contributed by atoms with Crippen molar-refractivity contribution in [3.05, 3.63) is 35.4 Å². The summed E-state index contributed by atoms with van der Waals surface area (Å²) in [5.74, 6) is 0. The topological polar surface area (TPSA) is 53.6 Å². The quantitative estimate of drug-likeness (QED) is 0.710. The van der Waals surface area contributed by atoms with E-state index in [9.17, 15) is 4.79 Å². The Kier molecular flexibility index (Phi) is 7.69. The normalized spacial score (nSPS) is 10.6. The first-order chi connectivity index (χ1) is 9.61. The number of carbonyl (C=O) groups is 1. The molecule has 1 aromatic carbocycles. The van der Waals surface area contributed by atoms with Crippen molar-refractivity contribution in [3.63, 3.8) is 0 Å². The molecule has 0 aliphatic rings. The first kappa shape index (κ1) is 16.5. The Labute approximate surface area is 121 Å². The Morgan fingerprint density at radius 1 is 1.15 bits per heavy atom. The number of carbonyl (C=O) groups excluding carboxylic acids is 1. The van der Waals surface area contributed by atoms with E-state index in [1.807, 2.05) is 26.2 Å². The predicted molar refractivity (Wildman–Crippen MR) is 80.6 cm³/mol. The molecule has 0 aliphatic carbocycles. The van der Waals surface area contributed by atoms with Gasteiger partial charge >= 0.3 is 6.03 Å². The molecule has 0 unspecified atom stereocenters. The summed E-state index contributed by atoms with van der Waals surface area (Å²) >= 11 is 0. The minimum atomic E-state index is -0.140. The van der Waals surface area contributed by atoms with Crippen molar-refractivity contribution in [1.29, 1.82) is 0 Å². The third-order valence-corrected chi connectivity index (χ3v) is 2.79. The van der Waals surface area contributed by atoms with Gasteiger partial charge in [0.25, 0.3) is 0 Å². The Bertz CT molecular complexity index is 391. The average Bonchev–Trinajstić information content (AvgIpc) is 2.42. The second-order valence-electron chi connectivity index (χ2n) is 5.01. The van der Waals surface area contributed by atoms with Crippen molar-refractivity contribution >= 4 is 6.03 Å². The highest BCUT2D eigenvalue weighted by molar-refractivity contribution is 5.73. The van der Waals surface area contributed by atoms with E-state index in [4.69, 9.17) is 4.74 Å². The van der Waals surface area contributed by atoms with Gasteiger partial charge in [0, 0.05) is 33.4 Å². The molecule has 0 radical (unpaired) electrons. The number of benzene rings is 1. The molecule has 0 saturated carbocycles. The zero-order valence-electron chi connectivity index (χ0n) is 12.6. The molecular weight excluding hydrogens is 254 g/mol. The second-order valence-corrected chi connectivity index (χ2v) is 5.01. The third-order valence-electron chi connectivity index (χ3n) is 2.79. The molecule has 112 valence electrons. The molecule has 0 atom stereocenters. The van der Waals surface area contributed by atoms with E-state index in [-0.39, 0.29) is 6.03 Å². The Balaban J connectivity index is 2.25. The third kappa shape index (κ3) is 7.11. The van der Waals surface area contributed by atoms with E-state index in [1.165, 1.54) is 5.56 Å². The predicted octanol–water partition coefficient (Wildman–Crippen LogP) is 1.58. The molecule has 0 bridgehead atoms. The van der Waals surface area contributed by atoms with Gasteiger partial charge in [0.05, 0.1) is 0 Å². The molecule has 0 spiro atoms. The highest BCUT2D eigenvalue weighted by atomic mass is 16.5. The molecule has 20 heavy (non-hydrogen) atoms. The van der Waals surface area contributed by atoms with E-state index in [0.29, 0.717) is 19.7 Å². The summed E-state index contributed by atoms with van der Waals surface area (Å²) in [7, 11) is 5.74. The average molecular weight is 279 g/mol. The smallest absolute Gasteiger partial charge is 0.315 e. The van der Waals surface area contributed by atoms with Gasteiger partial charge in [-0.2, -0.15) is 0 Å². The fourth-order valence-corrected chi connectivity index (χ4v) is 1.79. The SMILES string of the molecule is COCCCNC(=O)NCc1ccc(CN(C)C)cc1. The maximum Gasteiger partial charge on any atom is 0.315 e. The highest BCUT2D eigenvalue weighted by Crippen LogP contribution is 2.05. The van der Waals surface area contributed by atoms with Gasteiger partial charge < -0.3 is 20.3 Å². The van der Waals surface area contributed by atoms with Gasteiger partial charge in [-0.1, -0.05) is 24.3 Å². The summed E-state index contributed by atoms with van der Waals surface area (Å²) in [5, 5.41) is 5.62. The molecule has 1 rings (SSSR count). The van der Waals surface area contributed by atoms with Crippen molar-refractivity contribution in [2.75, 3.05) is 34.4 Å². The summed E-state index contributed by atoms with van der Waals surface area (Å²) in [6.45, 7) is 2.75. The van der Waals surface area contributed by atoms with Crippen molar-refractivity contribution in [1.82, 2.24) is 15.5 Å². The molecule has 0 aliphatic heterocycles. The molecule has 0 heterocycles. The number of nitrogens with zero attached hydrogens (tertiary/aromatic N) is 1. The first-order valence-corrected chi connectivity index (χ1v) is 6.85. The molecule has 1 aromatic rings. The molecule has 0 fully saturated rings. The number of nitrogens with one attached hydrogen (secondary N) is 2. The van der Waals surface area contributed by atoms with Gasteiger partial charge in [-0.3, -0.25) is 0 Å². The number of hydrogen-bond donors (Lipinski definition) is 2. The first-order valence-electron chi connectivity index (χ1n) is 6.85. The van der Waals surface area contributed by atoms with E-state index >= 15 is 0 Å². The number of ether oxygens (including phenoxy) is 1. The number of methoxy groups -OCH3 is 1. The lowest BCUT2D eigenvalue weighted by atomic mass is 10.1. The molecule has 0 aromatic heterocycles. The summed E-state index contributed by atoms with van der Waals surface area (Å²) in [6.07, 6.45) is 0.823. The van der Waals surface area contributed by atoms with Gasteiger partial charge in [0.2, 0.25) is 0 Å². The minimum Gasteiger partial charge on any atom is -0.385 e. The van der Waals surface area contributed by atoms with E-state index < -0.39 is 0 Å². The highest BCUT2D eigenvalue weighted by Gasteiger charge is 2.00. The monoisotopic (exact) mass is 279 g/mol. The van der Waals surface area contributed by atoms with E-state index in [2.05, 4.69) is 27.7 Å². The maximum atomic E-state index is 11.5. The van der Waals surface area contributed by atoms with E-state index in [1.54, 1.807) is 7.11 Å². The van der Waals surface area contributed by atoms with Gasteiger partial charge in [0.15, 0.2) is 0 Å². The van der Waals surface area contributed by atoms with Crippen molar-refractivity contribution in [2.24, 2.45) is 0 Å². The summed E-state index contributed by atoms with van der Waals surface area (Å²) < 4.78 is 4.92. The zero-order chi connectivity index (χ0) is 14.8. The summed E-state index contributed by atoms with van der Waals surface area (Å²) in [6, 6.07) is 8.13. The van der Waals surface area contributed by atoms with Crippen LogP contribution >= 0.6 is 0 Å². The standard InChI is InChI=1S/C15H25N3O2/c1-18(2)12-14-7-5-13(6-8-14)11-17-15(19)16-9-4-10-20-3/h5-8H,4,9-12H2,1-3H3,(H2,16,17,19). The van der Waals surface area contributed by atoms with Crippen molar-refractivity contribution in [3.8, 4) is 0 Å². The van der Waals surface area contributed by atoms with Crippen LogP contribution in [0.15, 0.2) is 24.3 Å². The lowest BCUT2D eigenvalue weighted by Crippen LogP contribution is -2.35. The van der Waals surface area contributed by atoms with Gasteiger partial charge in [0.1, 0.15) is 0 Å². The Morgan fingerprint density at radius 2 is 1.80 bits per heavy atom. The fourth-order valence-electron chi connectivity index (χ4n) is 1.79. The van der Waals surface area contributed by atoms with Crippen LogP contribution in [0.1, 0.15) is 17.5 Å². The van der Waals surface area contributed by atoms with Crippen LogP contribution in [0.5, 0.6) is 0 Å². The maximum absolute atomic E-state index is 11.5. The molecule has 5 nitrogen and oxygen atoms in total. The lowest BCUT2D eigenvalue weighted by Gasteiger charge is -2.11. The van der Waals surface area contributed by atoms with Crippen molar-refractivity contribution in [2.45, 2.75) is 19.5 Å². The molecule has 2 N–H and O–H groups in total. The molecule has 5 heteroatoms. The summed E-state index contributed by atoms with van der Waals surface area (Å²) in [5.41, 5.74) is 2.36. The number of rotatable bonds is 8. The second kappa shape index (κ2) is 9.34. The van der Waals surface area contributed by atoms with Crippen LogP contribution in [0.3, 0.4) is 0 Å². The molecular formula is C15H25N3O2. The van der Waals surface area contributed by atoms with Crippen LogP contribution in [-0.4, -0.2) is 45.3 Å². The van der Waals surface area contributed by atoms with Gasteiger partial charge in [-0.25, -0.2) is 4.79 Å². The summed E-state index contributed by atoms with van der Waals surface area (Å²) in [4.78, 5) is 13.6. The zero-order valence-corrected chi connectivity index (χ0v) is 12.6. The molecule has 0 saturated heterocycles. The number of amides is 2. The van der Waals surface area contributed by atoms with Crippen LogP contribution in [0, 0.1) is 0 Å². The number of hydrogen-bond acceptors (Lipinski definition) is 3. The largest absolute Gasteiger partial charge is 0.385 e. The fraction of sp³-hybridized carbons (Fsp3) is 0.533. The van der Waals surface area contributed by atoms with Gasteiger partial charge in [-0.15, -0.1) is 0 Å². The van der Waals surface area contributed by atoms with Crippen LogP contribution in [0.2, 0.25) is 0 Å². The minimum absolute atomic E-state index is 0.140. The lowest BCUT2D eigenvalue weighted by molar-refractivity contribution is 0.193. The van der Waals surface area contributed by atoms with Crippen LogP contribution in [0.4, 0.5) is 4.79 Å². The Hall–Kier alpha value is -1.59.